The number of carbonyl (C=O) groups is 1. The number of rotatable bonds is 8. The van der Waals surface area contributed by atoms with Crippen molar-refractivity contribution < 1.29 is 22.7 Å². The van der Waals surface area contributed by atoms with Crippen LogP contribution in [0.15, 0.2) is 54.6 Å². The van der Waals surface area contributed by atoms with Gasteiger partial charge in [0.15, 0.2) is 0 Å². The SMILES string of the molecule is COc1ccc(CCS(=O)(=O)NCC2CCN(C(=O)Oc3ccccc3)CC2)cc1. The van der Waals surface area contributed by atoms with Crippen LogP contribution in [0.1, 0.15) is 18.4 Å². The molecule has 7 nitrogen and oxygen atoms in total. The highest BCUT2D eigenvalue weighted by Gasteiger charge is 2.25. The van der Waals surface area contributed by atoms with E-state index in [1.807, 2.05) is 42.5 Å². The van der Waals surface area contributed by atoms with Gasteiger partial charge >= 0.3 is 6.09 Å². The molecule has 1 N–H and O–H groups in total. The van der Waals surface area contributed by atoms with Gasteiger partial charge in [-0.25, -0.2) is 17.9 Å². The van der Waals surface area contributed by atoms with E-state index in [9.17, 15) is 13.2 Å². The lowest BCUT2D eigenvalue weighted by Crippen LogP contribution is -2.43. The van der Waals surface area contributed by atoms with Gasteiger partial charge in [-0.3, -0.25) is 0 Å². The maximum Gasteiger partial charge on any atom is 0.415 e. The summed E-state index contributed by atoms with van der Waals surface area (Å²) in [6, 6.07) is 16.4. The molecule has 1 heterocycles. The minimum atomic E-state index is -3.35. The summed E-state index contributed by atoms with van der Waals surface area (Å²) < 4.78 is 37.8. The van der Waals surface area contributed by atoms with Gasteiger partial charge in [0.25, 0.3) is 0 Å². The van der Waals surface area contributed by atoms with Gasteiger partial charge in [0.2, 0.25) is 10.0 Å². The van der Waals surface area contributed by atoms with E-state index in [0.29, 0.717) is 31.8 Å². The van der Waals surface area contributed by atoms with Crippen LogP contribution in [0.4, 0.5) is 4.79 Å². The topological polar surface area (TPSA) is 84.9 Å². The quantitative estimate of drug-likeness (QED) is 0.693. The fraction of sp³-hybridized carbons (Fsp3) is 0.409. The van der Waals surface area contributed by atoms with Gasteiger partial charge in [-0.15, -0.1) is 0 Å². The number of ether oxygens (including phenoxy) is 2. The average molecular weight is 433 g/mol. The minimum Gasteiger partial charge on any atom is -0.497 e. The number of methoxy groups -OCH3 is 1. The molecule has 0 unspecified atom stereocenters. The van der Waals surface area contributed by atoms with Crippen LogP contribution >= 0.6 is 0 Å². The Morgan fingerprint density at radius 1 is 1.03 bits per heavy atom. The van der Waals surface area contributed by atoms with Crippen LogP contribution in [0.2, 0.25) is 0 Å². The Morgan fingerprint density at radius 2 is 1.70 bits per heavy atom. The molecule has 0 spiro atoms. The molecule has 1 aliphatic heterocycles. The number of para-hydroxylation sites is 1. The summed E-state index contributed by atoms with van der Waals surface area (Å²) in [7, 11) is -1.75. The highest BCUT2D eigenvalue weighted by molar-refractivity contribution is 7.89. The second-order valence-corrected chi connectivity index (χ2v) is 9.30. The molecular weight excluding hydrogens is 404 g/mol. The summed E-state index contributed by atoms with van der Waals surface area (Å²) in [6.45, 7) is 1.51. The molecule has 0 atom stereocenters. The van der Waals surface area contributed by atoms with Crippen molar-refractivity contribution >= 4 is 16.1 Å². The summed E-state index contributed by atoms with van der Waals surface area (Å²) >= 11 is 0. The van der Waals surface area contributed by atoms with Gasteiger partial charge in [-0.2, -0.15) is 0 Å². The number of nitrogens with zero attached hydrogens (tertiary/aromatic N) is 1. The van der Waals surface area contributed by atoms with Crippen molar-refractivity contribution in [3.05, 3.63) is 60.2 Å². The lowest BCUT2D eigenvalue weighted by Gasteiger charge is -2.31. The Balaban J connectivity index is 1.38. The van der Waals surface area contributed by atoms with E-state index in [2.05, 4.69) is 4.72 Å². The molecule has 2 aromatic rings. The molecule has 0 bridgehead atoms. The third kappa shape index (κ3) is 6.74. The zero-order valence-electron chi connectivity index (χ0n) is 17.1. The average Bonchev–Trinajstić information content (AvgIpc) is 2.78. The van der Waals surface area contributed by atoms with Crippen molar-refractivity contribution in [3.63, 3.8) is 0 Å². The van der Waals surface area contributed by atoms with Gasteiger partial charge in [0.05, 0.1) is 12.9 Å². The molecule has 2 aromatic carbocycles. The summed E-state index contributed by atoms with van der Waals surface area (Å²) in [5.41, 5.74) is 0.950. The van der Waals surface area contributed by atoms with Crippen molar-refractivity contribution in [2.45, 2.75) is 19.3 Å². The molecule has 0 aromatic heterocycles. The molecule has 0 saturated carbocycles. The van der Waals surface area contributed by atoms with Gasteiger partial charge in [0.1, 0.15) is 11.5 Å². The predicted molar refractivity (Wildman–Crippen MR) is 115 cm³/mol. The second-order valence-electron chi connectivity index (χ2n) is 7.38. The Kier molecular flexibility index (Phi) is 7.70. The first-order valence-electron chi connectivity index (χ1n) is 10.1. The lowest BCUT2D eigenvalue weighted by atomic mass is 9.97. The molecule has 1 fully saturated rings. The van der Waals surface area contributed by atoms with Crippen molar-refractivity contribution in [3.8, 4) is 11.5 Å². The number of amides is 1. The summed E-state index contributed by atoms with van der Waals surface area (Å²) in [6.07, 6.45) is 1.57. The normalized spacial score (nSPS) is 15.0. The van der Waals surface area contributed by atoms with Crippen LogP contribution in [-0.4, -0.2) is 51.9 Å². The molecule has 1 amide bonds. The highest BCUT2D eigenvalue weighted by atomic mass is 32.2. The number of piperidine rings is 1. The summed E-state index contributed by atoms with van der Waals surface area (Å²) in [5, 5.41) is 0. The largest absolute Gasteiger partial charge is 0.497 e. The molecule has 8 heteroatoms. The molecule has 1 saturated heterocycles. The molecular formula is C22H28N2O5S. The first-order valence-corrected chi connectivity index (χ1v) is 11.7. The van der Waals surface area contributed by atoms with Crippen LogP contribution in [-0.2, 0) is 16.4 Å². The molecule has 0 radical (unpaired) electrons. The van der Waals surface area contributed by atoms with Crippen LogP contribution in [0, 0.1) is 5.92 Å². The van der Waals surface area contributed by atoms with Gasteiger partial charge in [-0.1, -0.05) is 30.3 Å². The number of nitrogens with one attached hydrogen (secondary N) is 1. The maximum atomic E-state index is 12.3. The molecule has 0 aliphatic carbocycles. The van der Waals surface area contributed by atoms with E-state index in [1.165, 1.54) is 0 Å². The number of carbonyl (C=O) groups excluding carboxylic acids is 1. The monoisotopic (exact) mass is 432 g/mol. The fourth-order valence-electron chi connectivity index (χ4n) is 3.33. The predicted octanol–water partition coefficient (Wildman–Crippen LogP) is 3.07. The van der Waals surface area contributed by atoms with Crippen molar-refractivity contribution in [1.29, 1.82) is 0 Å². The molecule has 3 rings (SSSR count). The van der Waals surface area contributed by atoms with Crippen LogP contribution in [0.5, 0.6) is 11.5 Å². The van der Waals surface area contributed by atoms with E-state index in [0.717, 1.165) is 24.2 Å². The van der Waals surface area contributed by atoms with E-state index in [1.54, 1.807) is 24.1 Å². The fourth-order valence-corrected chi connectivity index (χ4v) is 4.47. The smallest absolute Gasteiger partial charge is 0.415 e. The summed E-state index contributed by atoms with van der Waals surface area (Å²) in [4.78, 5) is 13.9. The van der Waals surface area contributed by atoms with Gasteiger partial charge in [0, 0.05) is 19.6 Å². The minimum absolute atomic E-state index is 0.0432. The van der Waals surface area contributed by atoms with Gasteiger partial charge < -0.3 is 14.4 Å². The van der Waals surface area contributed by atoms with Crippen LogP contribution in [0.3, 0.4) is 0 Å². The molecule has 1 aliphatic rings. The lowest BCUT2D eigenvalue weighted by molar-refractivity contribution is 0.131. The number of benzene rings is 2. The molecule has 30 heavy (non-hydrogen) atoms. The Morgan fingerprint density at radius 3 is 2.33 bits per heavy atom. The third-order valence-electron chi connectivity index (χ3n) is 5.23. The Labute approximate surface area is 178 Å². The Bertz CT molecular complexity index is 908. The van der Waals surface area contributed by atoms with Crippen molar-refractivity contribution in [2.24, 2.45) is 5.92 Å². The van der Waals surface area contributed by atoms with Gasteiger partial charge in [-0.05, 0) is 55.0 Å². The zero-order chi connectivity index (χ0) is 21.4. The number of likely N-dealkylation sites (tertiary alicyclic amines) is 1. The number of hydrogen-bond donors (Lipinski definition) is 1. The number of hydrogen-bond acceptors (Lipinski definition) is 5. The number of sulfonamides is 1. The third-order valence-corrected chi connectivity index (χ3v) is 6.58. The van der Waals surface area contributed by atoms with E-state index in [-0.39, 0.29) is 17.8 Å². The Hall–Kier alpha value is -2.58. The van der Waals surface area contributed by atoms with E-state index >= 15 is 0 Å². The van der Waals surface area contributed by atoms with E-state index in [4.69, 9.17) is 9.47 Å². The first kappa shape index (κ1) is 22.1. The maximum absolute atomic E-state index is 12.3. The molecule has 162 valence electrons. The van der Waals surface area contributed by atoms with Crippen LogP contribution in [0.25, 0.3) is 0 Å². The highest BCUT2D eigenvalue weighted by Crippen LogP contribution is 2.19. The first-order chi connectivity index (χ1) is 14.4. The van der Waals surface area contributed by atoms with Crippen LogP contribution < -0.4 is 14.2 Å². The van der Waals surface area contributed by atoms with E-state index < -0.39 is 10.0 Å². The van der Waals surface area contributed by atoms with Crippen molar-refractivity contribution in [1.82, 2.24) is 9.62 Å². The standard InChI is InChI=1S/C22H28N2O5S/c1-28-20-9-7-18(8-10-20)13-16-30(26,27)23-17-19-11-14-24(15-12-19)22(25)29-21-5-3-2-4-6-21/h2-10,19,23H,11-17H2,1H3. The number of aryl methyl sites for hydroxylation is 1. The van der Waals surface area contributed by atoms with Crippen molar-refractivity contribution in [2.75, 3.05) is 32.5 Å². The summed E-state index contributed by atoms with van der Waals surface area (Å²) in [5.74, 6) is 1.52. The second kappa shape index (κ2) is 10.4. The zero-order valence-corrected chi connectivity index (χ0v) is 17.9.